The van der Waals surface area contributed by atoms with Gasteiger partial charge in [0.25, 0.3) is 0 Å². The van der Waals surface area contributed by atoms with Crippen LogP contribution in [-0.2, 0) is 0 Å². The second-order valence-corrected chi connectivity index (χ2v) is 2.66. The van der Waals surface area contributed by atoms with Crippen molar-refractivity contribution in [2.24, 2.45) is 0 Å². The third kappa shape index (κ3) is 1.69. The number of hydrogen-bond acceptors (Lipinski definition) is 5. The van der Waals surface area contributed by atoms with Crippen LogP contribution >= 0.6 is 0 Å². The zero-order valence-electron chi connectivity index (χ0n) is 7.72. The SMILES string of the molecule is COc1c(O)cc(C(=O)O)c(O)c1C=O. The lowest BCUT2D eigenvalue weighted by Crippen LogP contribution is -2.01. The highest BCUT2D eigenvalue weighted by atomic mass is 16.5. The maximum Gasteiger partial charge on any atom is 0.339 e. The lowest BCUT2D eigenvalue weighted by molar-refractivity contribution is 0.0693. The van der Waals surface area contributed by atoms with Crippen molar-refractivity contribution in [3.63, 3.8) is 0 Å². The number of aromatic hydroxyl groups is 2. The van der Waals surface area contributed by atoms with Crippen molar-refractivity contribution in [2.75, 3.05) is 7.11 Å². The number of methoxy groups -OCH3 is 1. The molecule has 0 saturated heterocycles. The molecule has 1 aromatic rings. The molecule has 0 fully saturated rings. The average Bonchev–Trinajstić information content (AvgIpc) is 2.19. The van der Waals surface area contributed by atoms with E-state index < -0.39 is 28.6 Å². The molecule has 15 heavy (non-hydrogen) atoms. The number of hydrogen-bond donors (Lipinski definition) is 3. The van der Waals surface area contributed by atoms with E-state index >= 15 is 0 Å². The average molecular weight is 212 g/mol. The Morgan fingerprint density at radius 2 is 2.07 bits per heavy atom. The molecule has 1 aromatic carbocycles. The summed E-state index contributed by atoms with van der Waals surface area (Å²) < 4.78 is 4.65. The van der Waals surface area contributed by atoms with E-state index in [0.717, 1.165) is 6.07 Å². The predicted molar refractivity (Wildman–Crippen MR) is 48.7 cm³/mol. The summed E-state index contributed by atoms with van der Waals surface area (Å²) >= 11 is 0. The highest BCUT2D eigenvalue weighted by molar-refractivity contribution is 5.97. The number of ether oxygens (including phenoxy) is 1. The third-order valence-electron chi connectivity index (χ3n) is 1.82. The number of carboxylic acids is 1. The van der Waals surface area contributed by atoms with Crippen molar-refractivity contribution >= 4 is 12.3 Å². The van der Waals surface area contributed by atoms with Crippen molar-refractivity contribution < 1.29 is 29.6 Å². The Hall–Kier alpha value is -2.24. The number of aromatic carboxylic acids is 1. The summed E-state index contributed by atoms with van der Waals surface area (Å²) in [5.41, 5.74) is -0.953. The fraction of sp³-hybridized carbons (Fsp3) is 0.111. The fourth-order valence-electron chi connectivity index (χ4n) is 1.15. The molecule has 0 aliphatic carbocycles. The Kier molecular flexibility index (Phi) is 2.80. The first-order valence-electron chi connectivity index (χ1n) is 3.84. The summed E-state index contributed by atoms with van der Waals surface area (Å²) in [6.07, 6.45) is 0.209. The minimum atomic E-state index is -1.45. The molecule has 6 nitrogen and oxygen atoms in total. The molecule has 0 bridgehead atoms. The fourth-order valence-corrected chi connectivity index (χ4v) is 1.15. The van der Waals surface area contributed by atoms with Gasteiger partial charge in [-0.2, -0.15) is 0 Å². The molecule has 6 heteroatoms. The van der Waals surface area contributed by atoms with Crippen LogP contribution in [0, 0.1) is 0 Å². The molecule has 0 heterocycles. The predicted octanol–water partition coefficient (Wildman–Crippen LogP) is 0.617. The molecule has 0 aliphatic rings. The molecule has 0 spiro atoms. The van der Waals surface area contributed by atoms with Crippen LogP contribution < -0.4 is 4.74 Å². The molecular weight excluding hydrogens is 204 g/mol. The van der Waals surface area contributed by atoms with Gasteiger partial charge in [-0.3, -0.25) is 4.79 Å². The summed E-state index contributed by atoms with van der Waals surface area (Å²) in [5, 5.41) is 27.4. The van der Waals surface area contributed by atoms with Crippen molar-refractivity contribution in [3.05, 3.63) is 17.2 Å². The van der Waals surface area contributed by atoms with Crippen LogP contribution in [0.1, 0.15) is 20.7 Å². The molecule has 0 aliphatic heterocycles. The van der Waals surface area contributed by atoms with Gasteiger partial charge >= 0.3 is 5.97 Å². The smallest absolute Gasteiger partial charge is 0.339 e. The van der Waals surface area contributed by atoms with Crippen LogP contribution in [-0.4, -0.2) is 34.7 Å². The second kappa shape index (κ2) is 3.87. The summed E-state index contributed by atoms with van der Waals surface area (Å²) in [5.74, 6) is -2.96. The standard InChI is InChI=1S/C9H8O6/c1-15-8-5(3-10)7(12)4(9(13)14)2-6(8)11/h2-3,11-12H,1H3,(H,13,14). The number of benzene rings is 1. The number of phenols is 2. The van der Waals surface area contributed by atoms with Crippen LogP contribution in [0.3, 0.4) is 0 Å². The Labute approximate surface area is 84.3 Å². The molecule has 0 unspecified atom stereocenters. The first-order chi connectivity index (χ1) is 7.02. The van der Waals surface area contributed by atoms with E-state index in [9.17, 15) is 19.8 Å². The van der Waals surface area contributed by atoms with Crippen LogP contribution in [0.5, 0.6) is 17.2 Å². The van der Waals surface area contributed by atoms with Gasteiger partial charge in [0.05, 0.1) is 7.11 Å². The minimum absolute atomic E-state index is 0.209. The number of carboxylic acid groups (broad SMARTS) is 1. The minimum Gasteiger partial charge on any atom is -0.506 e. The lowest BCUT2D eigenvalue weighted by atomic mass is 10.1. The normalized spacial score (nSPS) is 9.67. The van der Waals surface area contributed by atoms with Gasteiger partial charge in [-0.05, 0) is 0 Å². The van der Waals surface area contributed by atoms with Crippen LogP contribution in [0.4, 0.5) is 0 Å². The Balaban J connectivity index is 3.58. The van der Waals surface area contributed by atoms with Crippen LogP contribution in [0.25, 0.3) is 0 Å². The molecular formula is C9H8O6. The van der Waals surface area contributed by atoms with Crippen molar-refractivity contribution in [2.45, 2.75) is 0 Å². The van der Waals surface area contributed by atoms with E-state index in [4.69, 9.17) is 5.11 Å². The van der Waals surface area contributed by atoms with Gasteiger partial charge in [0.15, 0.2) is 17.8 Å². The number of carbonyl (C=O) groups is 2. The molecule has 0 amide bonds. The van der Waals surface area contributed by atoms with Crippen molar-refractivity contribution in [3.8, 4) is 17.2 Å². The van der Waals surface area contributed by atoms with Crippen LogP contribution in [0.15, 0.2) is 6.07 Å². The molecule has 80 valence electrons. The largest absolute Gasteiger partial charge is 0.506 e. The molecule has 0 radical (unpaired) electrons. The van der Waals surface area contributed by atoms with E-state index in [0.29, 0.717) is 0 Å². The third-order valence-corrected chi connectivity index (χ3v) is 1.82. The highest BCUT2D eigenvalue weighted by Gasteiger charge is 2.21. The zero-order valence-corrected chi connectivity index (χ0v) is 7.72. The van der Waals surface area contributed by atoms with Crippen LogP contribution in [0.2, 0.25) is 0 Å². The summed E-state index contributed by atoms with van der Waals surface area (Å²) in [4.78, 5) is 21.2. The molecule has 1 rings (SSSR count). The molecule has 3 N–H and O–H groups in total. The van der Waals surface area contributed by atoms with E-state index in [1.807, 2.05) is 0 Å². The monoisotopic (exact) mass is 212 g/mol. The maximum absolute atomic E-state index is 10.6. The number of rotatable bonds is 3. The number of carbonyl (C=O) groups excluding carboxylic acids is 1. The van der Waals surface area contributed by atoms with Gasteiger partial charge in [0.2, 0.25) is 0 Å². The number of phenolic OH excluding ortho intramolecular Hbond substituents is 1. The molecule has 0 atom stereocenters. The Bertz CT molecular complexity index is 423. The van der Waals surface area contributed by atoms with Gasteiger partial charge in [0, 0.05) is 6.07 Å². The van der Waals surface area contributed by atoms with Crippen molar-refractivity contribution in [1.82, 2.24) is 0 Å². The van der Waals surface area contributed by atoms with Gasteiger partial charge in [-0.1, -0.05) is 0 Å². The van der Waals surface area contributed by atoms with E-state index in [1.165, 1.54) is 7.11 Å². The van der Waals surface area contributed by atoms with Gasteiger partial charge < -0.3 is 20.1 Å². The van der Waals surface area contributed by atoms with Gasteiger partial charge in [0.1, 0.15) is 16.9 Å². The zero-order chi connectivity index (χ0) is 11.6. The molecule has 0 saturated carbocycles. The summed E-state index contributed by atoms with van der Waals surface area (Å²) in [7, 11) is 1.18. The van der Waals surface area contributed by atoms with E-state index in [2.05, 4.69) is 4.74 Å². The Morgan fingerprint density at radius 1 is 1.47 bits per heavy atom. The second-order valence-electron chi connectivity index (χ2n) is 2.66. The first kappa shape index (κ1) is 10.8. The molecule has 0 aromatic heterocycles. The lowest BCUT2D eigenvalue weighted by Gasteiger charge is -2.09. The van der Waals surface area contributed by atoms with Gasteiger partial charge in [-0.15, -0.1) is 0 Å². The summed E-state index contributed by atoms with van der Waals surface area (Å²) in [6, 6.07) is 0.809. The van der Waals surface area contributed by atoms with E-state index in [-0.39, 0.29) is 12.0 Å². The summed E-state index contributed by atoms with van der Waals surface area (Å²) in [6.45, 7) is 0. The highest BCUT2D eigenvalue weighted by Crippen LogP contribution is 2.37. The quantitative estimate of drug-likeness (QED) is 0.501. The van der Waals surface area contributed by atoms with Gasteiger partial charge in [-0.25, -0.2) is 4.79 Å². The number of aldehydes is 1. The first-order valence-corrected chi connectivity index (χ1v) is 3.84. The Morgan fingerprint density at radius 3 is 2.47 bits per heavy atom. The van der Waals surface area contributed by atoms with Crippen molar-refractivity contribution in [1.29, 1.82) is 0 Å². The van der Waals surface area contributed by atoms with E-state index in [1.54, 1.807) is 0 Å². The maximum atomic E-state index is 10.6. The topological polar surface area (TPSA) is 104 Å².